The van der Waals surface area contributed by atoms with Crippen LogP contribution in [-0.4, -0.2) is 26.5 Å². The number of fused-ring (bicyclic) bond motifs is 1. The van der Waals surface area contributed by atoms with E-state index in [9.17, 15) is 23.1 Å². The Morgan fingerprint density at radius 3 is 2.63 bits per heavy atom. The molecular formula is C26H22ClF3N2O3. The molecule has 35 heavy (non-hydrogen) atoms. The predicted molar refractivity (Wildman–Crippen MR) is 122 cm³/mol. The maximum Gasteiger partial charge on any atom is 0.433 e. The van der Waals surface area contributed by atoms with Gasteiger partial charge in [0.15, 0.2) is 11.9 Å². The summed E-state index contributed by atoms with van der Waals surface area (Å²) in [5.41, 5.74) is 1.04. The minimum Gasteiger partial charge on any atom is -0.482 e. The van der Waals surface area contributed by atoms with Crippen molar-refractivity contribution >= 4 is 17.4 Å². The number of hydrogen-bond acceptors (Lipinski definition) is 4. The van der Waals surface area contributed by atoms with Crippen LogP contribution in [0.3, 0.4) is 0 Å². The van der Waals surface area contributed by atoms with Crippen LogP contribution in [0.25, 0.3) is 11.1 Å². The van der Waals surface area contributed by atoms with E-state index < -0.39 is 24.1 Å². The molecule has 2 bridgehead atoms. The van der Waals surface area contributed by atoms with Gasteiger partial charge in [-0.3, -0.25) is 9.78 Å². The van der Waals surface area contributed by atoms with Crippen molar-refractivity contribution in [3.8, 4) is 16.9 Å². The first-order chi connectivity index (χ1) is 16.6. The van der Waals surface area contributed by atoms with E-state index in [1.165, 1.54) is 12.3 Å². The van der Waals surface area contributed by atoms with Crippen molar-refractivity contribution < 1.29 is 27.8 Å². The standard InChI is InChI=1S/C26H22ClF3N2O3/c27-17-2-3-21-18(7-17)19(33)8-22(35-21)20(34)9-24-12-25(13-24,14-24)32-6-5-16(11-32)15-1-4-23(31-10-15)26(28,29)30/h1-7,10-11,19,22,33H,8-9,12-14H2/t19-,22+,24?,25?/m1/s1. The summed E-state index contributed by atoms with van der Waals surface area (Å²) in [5, 5.41) is 11.0. The molecule has 3 saturated carbocycles. The number of carbonyl (C=O) groups excluding carboxylic acids is 1. The molecule has 0 saturated heterocycles. The Kier molecular flexibility index (Phi) is 4.90. The number of pyridine rings is 1. The molecule has 0 amide bonds. The topological polar surface area (TPSA) is 64.4 Å². The number of ketones is 1. The van der Waals surface area contributed by atoms with Crippen LogP contribution in [-0.2, 0) is 16.5 Å². The molecule has 3 aromatic rings. The Morgan fingerprint density at radius 1 is 1.17 bits per heavy atom. The molecule has 2 atom stereocenters. The van der Waals surface area contributed by atoms with Crippen molar-refractivity contribution in [1.82, 2.24) is 9.55 Å². The number of nitrogens with zero attached hydrogens (tertiary/aromatic N) is 2. The van der Waals surface area contributed by atoms with Crippen molar-refractivity contribution in [3.63, 3.8) is 0 Å². The predicted octanol–water partition coefficient (Wildman–Crippen LogP) is 5.95. The van der Waals surface area contributed by atoms with E-state index in [0.29, 0.717) is 28.3 Å². The molecule has 182 valence electrons. The zero-order valence-corrected chi connectivity index (χ0v) is 19.3. The van der Waals surface area contributed by atoms with Crippen molar-refractivity contribution in [2.75, 3.05) is 0 Å². The molecule has 5 nitrogen and oxygen atoms in total. The van der Waals surface area contributed by atoms with Crippen molar-refractivity contribution in [1.29, 1.82) is 0 Å². The summed E-state index contributed by atoms with van der Waals surface area (Å²) in [6.07, 6.45) is 2.44. The third kappa shape index (κ3) is 3.74. The van der Waals surface area contributed by atoms with Gasteiger partial charge in [0.1, 0.15) is 11.4 Å². The van der Waals surface area contributed by atoms with E-state index in [0.717, 1.165) is 30.9 Å². The van der Waals surface area contributed by atoms with Gasteiger partial charge in [0.25, 0.3) is 0 Å². The number of alkyl halides is 3. The second-order valence-corrected chi connectivity index (χ2v) is 10.6. The zero-order chi connectivity index (χ0) is 24.6. The molecule has 3 heterocycles. The highest BCUT2D eigenvalue weighted by Gasteiger charge is 2.69. The number of ether oxygens (including phenoxy) is 1. The molecular weight excluding hydrogens is 481 g/mol. The summed E-state index contributed by atoms with van der Waals surface area (Å²) in [4.78, 5) is 16.6. The van der Waals surface area contributed by atoms with Crippen LogP contribution in [0.15, 0.2) is 55.0 Å². The SMILES string of the molecule is O=C(CC12CC(n3ccc(-c4ccc(C(F)(F)F)nc4)c3)(C1)C2)[C@@H]1C[C@@H](O)c2cc(Cl)ccc2O1. The van der Waals surface area contributed by atoms with Gasteiger partial charge in [-0.1, -0.05) is 17.7 Å². The number of halogens is 4. The van der Waals surface area contributed by atoms with Crippen LogP contribution in [0.1, 0.15) is 49.5 Å². The molecule has 1 N–H and O–H groups in total. The monoisotopic (exact) mass is 502 g/mol. The molecule has 0 radical (unpaired) electrons. The van der Waals surface area contributed by atoms with Crippen molar-refractivity contribution in [2.45, 2.75) is 56.0 Å². The lowest BCUT2D eigenvalue weighted by atomic mass is 9.38. The Morgan fingerprint density at radius 2 is 1.94 bits per heavy atom. The van der Waals surface area contributed by atoms with Gasteiger partial charge in [0, 0.05) is 58.7 Å². The fraction of sp³-hybridized carbons (Fsp3) is 0.385. The minimum atomic E-state index is -4.46. The molecule has 3 aliphatic carbocycles. The highest BCUT2D eigenvalue weighted by Crippen LogP contribution is 2.73. The number of Topliss-reactive ketones (excluding diaryl/α,β-unsaturated/α-hetero) is 1. The quantitative estimate of drug-likeness (QED) is 0.468. The summed E-state index contributed by atoms with van der Waals surface area (Å²) in [6.45, 7) is 0. The number of hydrogen-bond donors (Lipinski definition) is 1. The van der Waals surface area contributed by atoms with Gasteiger partial charge in [0.05, 0.1) is 6.10 Å². The van der Waals surface area contributed by atoms with Crippen molar-refractivity contribution in [2.24, 2.45) is 5.41 Å². The number of aliphatic hydroxyl groups excluding tert-OH is 1. The van der Waals surface area contributed by atoms with E-state index in [2.05, 4.69) is 9.55 Å². The normalized spacial score (nSPS) is 28.9. The maximum atomic E-state index is 13.0. The van der Waals surface area contributed by atoms with E-state index in [1.54, 1.807) is 18.2 Å². The van der Waals surface area contributed by atoms with Gasteiger partial charge >= 0.3 is 6.18 Å². The summed E-state index contributed by atoms with van der Waals surface area (Å²) in [5.74, 6) is 0.500. The lowest BCUT2D eigenvalue weighted by Crippen LogP contribution is -2.68. The highest BCUT2D eigenvalue weighted by atomic mass is 35.5. The Labute approximate surface area is 204 Å². The lowest BCUT2D eigenvalue weighted by Gasteiger charge is -2.71. The molecule has 4 aliphatic rings. The summed E-state index contributed by atoms with van der Waals surface area (Å²) < 4.78 is 46.3. The van der Waals surface area contributed by atoms with E-state index >= 15 is 0 Å². The van der Waals surface area contributed by atoms with Gasteiger partial charge in [-0.05, 0) is 55.0 Å². The number of carbonyl (C=O) groups is 1. The smallest absolute Gasteiger partial charge is 0.433 e. The Bertz CT molecular complexity index is 1300. The molecule has 0 spiro atoms. The summed E-state index contributed by atoms with van der Waals surface area (Å²) in [6, 6.07) is 9.33. The molecule has 2 aromatic heterocycles. The van der Waals surface area contributed by atoms with Crippen LogP contribution in [0, 0.1) is 5.41 Å². The molecule has 3 fully saturated rings. The molecule has 7 rings (SSSR count). The van der Waals surface area contributed by atoms with Crippen LogP contribution in [0.2, 0.25) is 5.02 Å². The van der Waals surface area contributed by atoms with Gasteiger partial charge in [-0.25, -0.2) is 0 Å². The Hall–Kier alpha value is -2.84. The average molecular weight is 503 g/mol. The van der Waals surface area contributed by atoms with Crippen LogP contribution < -0.4 is 4.74 Å². The maximum absolute atomic E-state index is 13.0. The van der Waals surface area contributed by atoms with E-state index in [1.807, 2.05) is 18.5 Å². The summed E-state index contributed by atoms with van der Waals surface area (Å²) in [7, 11) is 0. The molecule has 9 heteroatoms. The van der Waals surface area contributed by atoms with Crippen LogP contribution in [0.5, 0.6) is 5.75 Å². The third-order valence-electron chi connectivity index (χ3n) is 7.69. The number of aliphatic hydroxyl groups is 1. The van der Waals surface area contributed by atoms with E-state index in [-0.39, 0.29) is 23.2 Å². The molecule has 1 aliphatic heterocycles. The lowest BCUT2D eigenvalue weighted by molar-refractivity contribution is -0.195. The molecule has 0 unspecified atom stereocenters. The number of rotatable bonds is 5. The second kappa shape index (κ2) is 7.58. The largest absolute Gasteiger partial charge is 0.482 e. The zero-order valence-electron chi connectivity index (χ0n) is 18.6. The highest BCUT2D eigenvalue weighted by molar-refractivity contribution is 6.30. The van der Waals surface area contributed by atoms with Gasteiger partial charge in [0.2, 0.25) is 0 Å². The minimum absolute atomic E-state index is 0.00183. The van der Waals surface area contributed by atoms with Gasteiger partial charge in [-0.15, -0.1) is 0 Å². The first kappa shape index (κ1) is 22.6. The number of benzene rings is 1. The fourth-order valence-corrected chi connectivity index (χ4v) is 6.27. The molecule has 1 aromatic carbocycles. The second-order valence-electron chi connectivity index (χ2n) is 10.2. The van der Waals surface area contributed by atoms with Crippen LogP contribution >= 0.6 is 11.6 Å². The van der Waals surface area contributed by atoms with Crippen molar-refractivity contribution in [3.05, 3.63) is 71.3 Å². The third-order valence-corrected chi connectivity index (χ3v) is 7.92. The average Bonchev–Trinajstić information content (AvgIpc) is 3.25. The van der Waals surface area contributed by atoms with Gasteiger partial charge in [-0.2, -0.15) is 13.2 Å². The van der Waals surface area contributed by atoms with Crippen LogP contribution in [0.4, 0.5) is 13.2 Å². The van der Waals surface area contributed by atoms with E-state index in [4.69, 9.17) is 16.3 Å². The van der Waals surface area contributed by atoms with Gasteiger partial charge < -0.3 is 14.4 Å². The number of aromatic nitrogens is 2. The fourth-order valence-electron chi connectivity index (χ4n) is 6.09. The first-order valence-electron chi connectivity index (χ1n) is 11.5. The first-order valence-corrected chi connectivity index (χ1v) is 11.8. The Balaban J connectivity index is 1.09. The summed E-state index contributed by atoms with van der Waals surface area (Å²) >= 11 is 6.00.